The molecule has 0 saturated carbocycles. The zero-order valence-electron chi connectivity index (χ0n) is 11.8. The molecule has 0 aliphatic carbocycles. The summed E-state index contributed by atoms with van der Waals surface area (Å²) < 4.78 is 1.09. The van der Waals surface area contributed by atoms with E-state index >= 15 is 0 Å². The molecule has 2 rings (SSSR count). The second-order valence-electron chi connectivity index (χ2n) is 4.74. The largest absolute Gasteiger partial charge is 0.340 e. The van der Waals surface area contributed by atoms with E-state index in [9.17, 15) is 0 Å². The number of anilines is 2. The maximum absolute atomic E-state index is 6.18. The third kappa shape index (κ3) is 3.49. The third-order valence-electron chi connectivity index (χ3n) is 3.03. The molecule has 0 saturated heterocycles. The summed E-state index contributed by atoms with van der Waals surface area (Å²) in [5.74, 6) is 1.55. The molecule has 20 heavy (non-hydrogen) atoms. The van der Waals surface area contributed by atoms with Gasteiger partial charge in [0, 0.05) is 22.1 Å². The van der Waals surface area contributed by atoms with Crippen LogP contribution in [0, 0.1) is 13.8 Å². The second kappa shape index (κ2) is 6.55. The molecule has 0 aliphatic rings. The Morgan fingerprint density at radius 1 is 1.25 bits per heavy atom. The molecule has 0 spiro atoms. The first kappa shape index (κ1) is 15.3. The first-order valence-corrected chi connectivity index (χ1v) is 7.74. The topological polar surface area (TPSA) is 37.8 Å². The molecule has 0 unspecified atom stereocenters. The molecule has 0 atom stereocenters. The number of halogens is 2. The van der Waals surface area contributed by atoms with Crippen molar-refractivity contribution >= 4 is 39.0 Å². The third-order valence-corrected chi connectivity index (χ3v) is 4.28. The van der Waals surface area contributed by atoms with Gasteiger partial charge in [0.25, 0.3) is 0 Å². The van der Waals surface area contributed by atoms with Crippen LogP contribution in [0.3, 0.4) is 0 Å². The fourth-order valence-electron chi connectivity index (χ4n) is 1.85. The molecular formula is C15H17BrClN3. The molecule has 3 nitrogen and oxygen atoms in total. The van der Waals surface area contributed by atoms with Crippen molar-refractivity contribution in [2.45, 2.75) is 33.6 Å². The molecule has 1 N–H and O–H groups in total. The summed E-state index contributed by atoms with van der Waals surface area (Å²) in [5.41, 5.74) is 3.03. The highest BCUT2D eigenvalue weighted by Crippen LogP contribution is 2.26. The highest BCUT2D eigenvalue weighted by Gasteiger charge is 2.09. The maximum atomic E-state index is 6.18. The van der Waals surface area contributed by atoms with Gasteiger partial charge in [0.15, 0.2) is 0 Å². The molecule has 0 amide bonds. The first-order valence-electron chi connectivity index (χ1n) is 6.57. The quantitative estimate of drug-likeness (QED) is 0.766. The number of hydrogen-bond acceptors (Lipinski definition) is 3. The van der Waals surface area contributed by atoms with Gasteiger partial charge in [0.05, 0.1) is 0 Å². The molecule has 5 heteroatoms. The Bertz CT molecular complexity index is 629. The van der Waals surface area contributed by atoms with E-state index in [1.54, 1.807) is 0 Å². The predicted octanol–water partition coefficient (Wildman–Crippen LogP) is 5.21. The predicted molar refractivity (Wildman–Crippen MR) is 87.9 cm³/mol. The van der Waals surface area contributed by atoms with Crippen LogP contribution in [0.25, 0.3) is 0 Å². The van der Waals surface area contributed by atoms with Crippen molar-refractivity contribution in [2.24, 2.45) is 0 Å². The lowest BCUT2D eigenvalue weighted by molar-refractivity contribution is 0.833. The summed E-state index contributed by atoms with van der Waals surface area (Å²) >= 11 is 9.68. The van der Waals surface area contributed by atoms with Crippen LogP contribution in [-0.2, 0) is 6.42 Å². The van der Waals surface area contributed by atoms with E-state index < -0.39 is 0 Å². The summed E-state index contributed by atoms with van der Waals surface area (Å²) in [6.45, 7) is 6.08. The van der Waals surface area contributed by atoms with E-state index in [2.05, 4.69) is 51.1 Å². The Morgan fingerprint density at radius 3 is 2.65 bits per heavy atom. The minimum atomic E-state index is 0.514. The van der Waals surface area contributed by atoms with Crippen molar-refractivity contribution in [1.29, 1.82) is 0 Å². The van der Waals surface area contributed by atoms with Crippen LogP contribution in [0.1, 0.15) is 30.3 Å². The van der Waals surface area contributed by atoms with Crippen molar-refractivity contribution in [1.82, 2.24) is 9.97 Å². The van der Waals surface area contributed by atoms with Gasteiger partial charge in [-0.1, -0.05) is 34.5 Å². The molecule has 106 valence electrons. The van der Waals surface area contributed by atoms with Crippen LogP contribution in [0.2, 0.25) is 5.15 Å². The summed E-state index contributed by atoms with van der Waals surface area (Å²) in [7, 11) is 0. The van der Waals surface area contributed by atoms with Crippen molar-refractivity contribution in [3.05, 3.63) is 44.8 Å². The smallest absolute Gasteiger partial charge is 0.138 e. The number of hydrogen-bond donors (Lipinski definition) is 1. The van der Waals surface area contributed by atoms with E-state index in [0.717, 1.165) is 40.2 Å². The number of aromatic nitrogens is 2. The van der Waals surface area contributed by atoms with Gasteiger partial charge in [0.1, 0.15) is 16.8 Å². The van der Waals surface area contributed by atoms with Gasteiger partial charge in [-0.3, -0.25) is 0 Å². The van der Waals surface area contributed by atoms with Gasteiger partial charge in [-0.25, -0.2) is 9.97 Å². The summed E-state index contributed by atoms with van der Waals surface area (Å²) in [6, 6.07) is 6.09. The Labute approximate surface area is 132 Å². The summed E-state index contributed by atoms with van der Waals surface area (Å²) in [5, 5.41) is 3.84. The van der Waals surface area contributed by atoms with Crippen LogP contribution in [0.5, 0.6) is 0 Å². The Kier molecular flexibility index (Phi) is 5.00. The van der Waals surface area contributed by atoms with E-state index in [1.165, 1.54) is 5.56 Å². The molecule has 0 radical (unpaired) electrons. The highest BCUT2D eigenvalue weighted by molar-refractivity contribution is 9.10. The van der Waals surface area contributed by atoms with Gasteiger partial charge in [-0.2, -0.15) is 0 Å². The van der Waals surface area contributed by atoms with Crippen LogP contribution >= 0.6 is 27.5 Å². The first-order chi connectivity index (χ1) is 9.51. The fourth-order valence-corrected chi connectivity index (χ4v) is 2.28. The molecule has 1 heterocycles. The number of nitrogens with one attached hydrogen (secondary N) is 1. The number of nitrogens with zero attached hydrogens (tertiary/aromatic N) is 2. The minimum absolute atomic E-state index is 0.514. The van der Waals surface area contributed by atoms with Gasteiger partial charge in [-0.05, 0) is 44.0 Å². The zero-order valence-corrected chi connectivity index (χ0v) is 14.1. The summed E-state index contributed by atoms with van der Waals surface area (Å²) in [6.07, 6.45) is 1.82. The number of rotatable bonds is 4. The monoisotopic (exact) mass is 353 g/mol. The molecule has 2 aromatic rings. The van der Waals surface area contributed by atoms with Gasteiger partial charge < -0.3 is 5.32 Å². The Morgan fingerprint density at radius 2 is 2.00 bits per heavy atom. The zero-order chi connectivity index (χ0) is 14.7. The standard InChI is InChI=1S/C15H17BrClN3/c1-4-5-13-19-14(17)10(3)15(20-13)18-11-6-7-12(16)9(2)8-11/h6-8H,4-5H2,1-3H3,(H,18,19,20). The molecular weight excluding hydrogens is 338 g/mol. The van der Waals surface area contributed by atoms with Gasteiger partial charge in [0.2, 0.25) is 0 Å². The molecule has 1 aromatic heterocycles. The Balaban J connectivity index is 2.34. The van der Waals surface area contributed by atoms with Gasteiger partial charge in [-0.15, -0.1) is 0 Å². The lowest BCUT2D eigenvalue weighted by Crippen LogP contribution is -2.04. The maximum Gasteiger partial charge on any atom is 0.138 e. The fraction of sp³-hybridized carbons (Fsp3) is 0.333. The van der Waals surface area contributed by atoms with E-state index in [4.69, 9.17) is 11.6 Å². The highest BCUT2D eigenvalue weighted by atomic mass is 79.9. The lowest BCUT2D eigenvalue weighted by atomic mass is 10.2. The molecule has 0 bridgehead atoms. The van der Waals surface area contributed by atoms with Crippen LogP contribution in [0.15, 0.2) is 22.7 Å². The van der Waals surface area contributed by atoms with Crippen LogP contribution in [0.4, 0.5) is 11.5 Å². The normalized spacial score (nSPS) is 10.7. The van der Waals surface area contributed by atoms with Crippen molar-refractivity contribution in [3.8, 4) is 0 Å². The molecule has 1 aromatic carbocycles. The SMILES string of the molecule is CCCc1nc(Cl)c(C)c(Nc2ccc(Br)c(C)c2)n1. The van der Waals surface area contributed by atoms with E-state index in [0.29, 0.717) is 5.15 Å². The second-order valence-corrected chi connectivity index (χ2v) is 5.96. The number of benzene rings is 1. The summed E-state index contributed by atoms with van der Waals surface area (Å²) in [4.78, 5) is 8.86. The van der Waals surface area contributed by atoms with Crippen LogP contribution < -0.4 is 5.32 Å². The van der Waals surface area contributed by atoms with E-state index in [1.807, 2.05) is 19.1 Å². The van der Waals surface area contributed by atoms with Crippen molar-refractivity contribution in [3.63, 3.8) is 0 Å². The minimum Gasteiger partial charge on any atom is -0.340 e. The average Bonchev–Trinajstić information content (AvgIpc) is 2.40. The van der Waals surface area contributed by atoms with Crippen LogP contribution in [-0.4, -0.2) is 9.97 Å². The Hall–Kier alpha value is -1.13. The number of aryl methyl sites for hydroxylation is 2. The van der Waals surface area contributed by atoms with E-state index in [-0.39, 0.29) is 0 Å². The van der Waals surface area contributed by atoms with Crippen molar-refractivity contribution in [2.75, 3.05) is 5.32 Å². The molecule has 0 fully saturated rings. The lowest BCUT2D eigenvalue weighted by Gasteiger charge is -2.12. The van der Waals surface area contributed by atoms with Crippen molar-refractivity contribution < 1.29 is 0 Å². The molecule has 0 aliphatic heterocycles. The van der Waals surface area contributed by atoms with Gasteiger partial charge >= 0.3 is 0 Å². The average molecular weight is 355 g/mol.